The monoisotopic (exact) mass is 1950 g/mol. The van der Waals surface area contributed by atoms with E-state index in [4.69, 9.17) is 28.9 Å². The van der Waals surface area contributed by atoms with Gasteiger partial charge in [-0.3, -0.25) is 43.4 Å². The van der Waals surface area contributed by atoms with Gasteiger partial charge < -0.3 is 112 Å². The molecule has 11 fully saturated rings. The Morgan fingerprint density at radius 3 is 1.07 bits per heavy atom. The number of likely N-dealkylation sites (N-methyl/N-ethyl adjacent to an activating group) is 2. The molecule has 0 aliphatic carbocycles. The van der Waals surface area contributed by atoms with Gasteiger partial charge in [-0.15, -0.1) is 0 Å². The number of piperidine rings is 8. The lowest BCUT2D eigenvalue weighted by Crippen LogP contribution is -2.44. The molecule has 18 rings (SSSR count). The van der Waals surface area contributed by atoms with E-state index in [1.54, 1.807) is 34.5 Å². The third-order valence-corrected chi connectivity index (χ3v) is 27.0. The minimum Gasteiger partial charge on any atom is -0.497 e. The summed E-state index contributed by atoms with van der Waals surface area (Å²) < 4.78 is 26.5. The Morgan fingerprint density at radius 2 is 0.706 bits per heavy atom. The number of carbonyl (C=O) groups excluding carboxylic acids is 7. The van der Waals surface area contributed by atoms with Crippen LogP contribution in [0.5, 0.6) is 23.0 Å². The second-order valence-electron chi connectivity index (χ2n) is 37.5. The molecule has 143 heavy (non-hydrogen) atoms. The minimum absolute atomic E-state index is 0.0139. The van der Waals surface area contributed by atoms with Gasteiger partial charge in [0.2, 0.25) is 41.4 Å². The van der Waals surface area contributed by atoms with Crippen molar-refractivity contribution in [3.8, 4) is 29.1 Å². The second-order valence-corrected chi connectivity index (χ2v) is 37.5. The van der Waals surface area contributed by atoms with Gasteiger partial charge in [-0.25, -0.2) is 0 Å². The van der Waals surface area contributed by atoms with E-state index in [0.29, 0.717) is 67.7 Å². The van der Waals surface area contributed by atoms with E-state index in [0.717, 1.165) is 202 Å². The predicted molar refractivity (Wildman–Crippen MR) is 569 cm³/mol. The van der Waals surface area contributed by atoms with Crippen LogP contribution in [0.3, 0.4) is 0 Å². The number of aryl methyl sites for hydroxylation is 1. The summed E-state index contributed by atoms with van der Waals surface area (Å²) in [4.78, 5) is 93.2. The lowest BCUT2D eigenvalue weighted by atomic mass is 10.0. The van der Waals surface area contributed by atoms with E-state index in [1.807, 2.05) is 62.5 Å². The highest BCUT2D eigenvalue weighted by Crippen LogP contribution is 2.37. The zero-order chi connectivity index (χ0) is 102. The highest BCUT2D eigenvalue weighted by atomic mass is 16.5. The Kier molecular flexibility index (Phi) is 40.7. The number of morpholine rings is 1. The summed E-state index contributed by atoms with van der Waals surface area (Å²) in [5.74, 6) is 3.23. The number of anilines is 9. The third-order valence-electron chi connectivity index (χ3n) is 27.0. The molecule has 13 N–H and O–H groups in total. The fourth-order valence-corrected chi connectivity index (χ4v) is 18.4. The fraction of sp³-hybridized carbons (Fsp3) is 0.423. The summed E-state index contributed by atoms with van der Waals surface area (Å²) in [6.07, 6.45) is 15.8. The van der Waals surface area contributed by atoms with Gasteiger partial charge in [0.1, 0.15) is 23.0 Å². The molecular weight excluding hydrogens is 1810 g/mol. The van der Waals surface area contributed by atoms with Crippen molar-refractivity contribution in [2.45, 2.75) is 184 Å². The topological polar surface area (TPSA) is 365 Å². The molecule has 7 aromatic rings. The maximum atomic E-state index is 11.4. The molecule has 0 aromatic heterocycles. The molecule has 11 aliphatic heterocycles. The number of nitrogens with zero attached hydrogens (tertiary/aromatic N) is 7. The lowest BCUT2D eigenvalue weighted by molar-refractivity contribution is -0.122. The van der Waals surface area contributed by atoms with Crippen molar-refractivity contribution in [3.05, 3.63) is 260 Å². The molecule has 0 spiro atoms. The van der Waals surface area contributed by atoms with Crippen molar-refractivity contribution >= 4 is 92.5 Å². The number of methoxy groups -OCH3 is 4. The van der Waals surface area contributed by atoms with E-state index < -0.39 is 0 Å². The number of likely N-dealkylation sites (tertiary alicyclic amines) is 2. The summed E-state index contributed by atoms with van der Waals surface area (Å²) in [7, 11) is 10.6. The highest BCUT2D eigenvalue weighted by molar-refractivity contribution is 5.84. The number of benzene rings is 7. The van der Waals surface area contributed by atoms with Crippen LogP contribution in [-0.4, -0.2) is 220 Å². The molecule has 762 valence electrons. The molecule has 0 bridgehead atoms. The van der Waals surface area contributed by atoms with Crippen LogP contribution in [0, 0.1) is 18.3 Å². The average molecular weight is 1950 g/mol. The number of hydrogen-bond acceptors (Lipinski definition) is 25. The Morgan fingerprint density at radius 1 is 0.371 bits per heavy atom. The molecule has 7 amide bonds. The van der Waals surface area contributed by atoms with E-state index in [-0.39, 0.29) is 83.6 Å². The van der Waals surface area contributed by atoms with E-state index in [1.165, 1.54) is 80.8 Å². The number of hydrogen-bond donors (Lipinski definition) is 13. The molecule has 32 heteroatoms. The van der Waals surface area contributed by atoms with Crippen LogP contribution in [-0.2, 0) is 51.4 Å². The van der Waals surface area contributed by atoms with Crippen molar-refractivity contribution in [3.63, 3.8) is 0 Å². The number of nitrogens with one attached hydrogen (secondary N) is 13. The molecule has 7 aromatic carbocycles. The van der Waals surface area contributed by atoms with Gasteiger partial charge in [-0.05, 0) is 237 Å². The number of piperazine rings is 1. The molecule has 11 heterocycles. The van der Waals surface area contributed by atoms with Crippen LogP contribution in [0.4, 0.5) is 51.2 Å². The van der Waals surface area contributed by atoms with Crippen molar-refractivity contribution in [2.24, 2.45) is 0 Å². The van der Waals surface area contributed by atoms with Crippen LogP contribution in [0.2, 0.25) is 0 Å². The Labute approximate surface area is 843 Å². The zero-order valence-corrected chi connectivity index (χ0v) is 84.3. The van der Waals surface area contributed by atoms with Crippen molar-refractivity contribution in [2.75, 3.05) is 168 Å². The van der Waals surface area contributed by atoms with Crippen molar-refractivity contribution < 1.29 is 57.2 Å². The standard InChI is InChI=1S/C18H25N3O.C17H24N4O.C17H23N3O.C16H21N3O2.C15H20N2O3.C14H15N3O.C14H18N2O3/c1-14-17(9-10-18(22)19-14)20-16-7-5-15(6-8-16)13-21-11-3-2-4-12-21;1-13-16(7-8-17(22)18-13)19-14-3-5-15(6-4-14)21-11-9-20(2)10-12-21;1-13-16(8-9-17(21)18-13)19-15-6-4-14(5-7-15)12-20-10-2-3-11-20;1-12-15(6-7-16(20)17-12)18-13-2-4-14(5-3-13)19-8-10-21-11-9-19;1-10-12(7-8-15(18)16-10)17(2)13-6-5-11(19-3)9-14(13)20-4;1-9-3-4-11(8-15)7-13(9)17-12-5-6-14(18)16-10(12)2;1-9-11(6-7-14(17)15-9)16-12-5-4-10(18-2)8-13(12)19-3/h5-8,17,20H,1-4,9-13H2,(H,19,22);3-6,16,19H,1,7-12H2,2H3,(H,18,22);4-7,16,19H,1-3,8-12H2,(H,18,21);2-5,15,18H,1,6-11H2,(H,17,20);5-6,9,12H,1,7-8H2,2-4H3,(H,16,18);3-4,7,12,17H,2,5-6H2,1H3,(H,16,18);4-5,8,11,16H,1,6-7H2,2-3H3,(H,15,17). The maximum absolute atomic E-state index is 11.4. The Bertz CT molecular complexity index is 5600. The molecule has 0 radical (unpaired) electrons. The first-order valence-electron chi connectivity index (χ1n) is 49.8. The first-order valence-corrected chi connectivity index (χ1v) is 49.8. The van der Waals surface area contributed by atoms with Gasteiger partial charge in [0.05, 0.1) is 107 Å². The van der Waals surface area contributed by atoms with Gasteiger partial charge in [0.15, 0.2) is 0 Å². The minimum atomic E-state index is 0.0139. The summed E-state index contributed by atoms with van der Waals surface area (Å²) in [6, 6.07) is 53.7. The van der Waals surface area contributed by atoms with E-state index in [2.05, 4.69) is 255 Å². The molecule has 7 atom stereocenters. The van der Waals surface area contributed by atoms with Gasteiger partial charge in [0, 0.05) is 196 Å². The maximum Gasteiger partial charge on any atom is 0.224 e. The van der Waals surface area contributed by atoms with Gasteiger partial charge in [0.25, 0.3) is 0 Å². The van der Waals surface area contributed by atoms with Gasteiger partial charge in [-0.1, -0.05) is 82.8 Å². The second kappa shape index (κ2) is 54.1. The summed E-state index contributed by atoms with van der Waals surface area (Å²) >= 11 is 0. The largest absolute Gasteiger partial charge is 0.497 e. The van der Waals surface area contributed by atoms with Gasteiger partial charge >= 0.3 is 0 Å². The van der Waals surface area contributed by atoms with Gasteiger partial charge in [-0.2, -0.15) is 5.26 Å². The van der Waals surface area contributed by atoms with Crippen LogP contribution in [0.15, 0.2) is 238 Å². The third kappa shape index (κ3) is 33.2. The van der Waals surface area contributed by atoms with Crippen molar-refractivity contribution in [1.29, 1.82) is 5.26 Å². The van der Waals surface area contributed by atoms with Crippen LogP contribution in [0.1, 0.15) is 144 Å². The van der Waals surface area contributed by atoms with E-state index in [9.17, 15) is 33.6 Å². The summed E-state index contributed by atoms with van der Waals surface area (Å²) in [5.41, 5.74) is 19.1. The quantitative estimate of drug-likeness (QED) is 0.0267. The highest BCUT2D eigenvalue weighted by Gasteiger charge is 2.32. The summed E-state index contributed by atoms with van der Waals surface area (Å²) in [5, 5.41) is 48.8. The van der Waals surface area contributed by atoms with Crippen LogP contribution in [0.25, 0.3) is 0 Å². The normalized spacial score (nSPS) is 21.4. The lowest BCUT2D eigenvalue weighted by Gasteiger charge is -2.35. The van der Waals surface area contributed by atoms with E-state index >= 15 is 0 Å². The molecule has 7 unspecified atom stereocenters. The number of nitriles is 1. The molecule has 0 saturated carbocycles. The smallest absolute Gasteiger partial charge is 0.224 e. The first-order chi connectivity index (χ1) is 69.0. The Balaban J connectivity index is 0.000000149. The van der Waals surface area contributed by atoms with Crippen LogP contribution < -0.4 is 103 Å². The molecular formula is C111H146N20O12. The van der Waals surface area contributed by atoms with Crippen LogP contribution >= 0.6 is 0 Å². The number of rotatable bonds is 24. The van der Waals surface area contributed by atoms with Crippen molar-refractivity contribution in [1.82, 2.24) is 51.9 Å². The average Bonchev–Trinajstić information content (AvgIpc) is 1.02. The zero-order valence-electron chi connectivity index (χ0n) is 84.3. The predicted octanol–water partition coefficient (Wildman–Crippen LogP) is 14.6. The molecule has 32 nitrogen and oxygen atoms in total. The first kappa shape index (κ1) is 108. The number of ether oxygens (including phenoxy) is 5. The fourth-order valence-electron chi connectivity index (χ4n) is 18.4. The SMILES string of the molecule is C=C1NC(=O)CCC1N(C)c1ccc(OC)cc1OC.C=C1NC(=O)CCC1Nc1cc(C#N)ccc1C.C=C1NC(=O)CCC1Nc1ccc(CN2CCCC2)cc1.C=C1NC(=O)CCC1Nc1ccc(CN2CCCCC2)cc1.C=C1NC(=O)CCC1Nc1ccc(N2CCN(C)CC2)cc1.C=C1NC(=O)CCC1Nc1ccc(N2CCOCC2)cc1.C=C1NC(=O)CCC1Nc1ccc(OC)cc1OC. The molecule has 11 aliphatic rings. The Hall–Kier alpha value is -14.3. The summed E-state index contributed by atoms with van der Waals surface area (Å²) in [6.45, 7) is 44.2. The number of carbonyl (C=O) groups is 7. The molecule has 11 saturated heterocycles. The number of amides is 7.